The zero-order valence-corrected chi connectivity index (χ0v) is 18.2. The first kappa shape index (κ1) is 21.3. The van der Waals surface area contributed by atoms with Crippen molar-refractivity contribution < 1.29 is 14.9 Å². The van der Waals surface area contributed by atoms with Crippen LogP contribution in [-0.4, -0.2) is 87.8 Å². The predicted molar refractivity (Wildman–Crippen MR) is 124 cm³/mol. The van der Waals surface area contributed by atoms with Crippen molar-refractivity contribution in [3.05, 3.63) is 54.9 Å². The number of hydrogen-bond donors (Lipinski definition) is 2. The Labute approximate surface area is 188 Å². The first-order valence-electron chi connectivity index (χ1n) is 11.4. The van der Waals surface area contributed by atoms with Crippen molar-refractivity contribution in [3.8, 4) is 16.9 Å². The highest BCUT2D eigenvalue weighted by atomic mass is 16.5. The largest absolute Gasteiger partial charge is 0.490 e. The van der Waals surface area contributed by atoms with E-state index >= 15 is 0 Å². The Balaban J connectivity index is 1.22. The molecule has 2 aliphatic rings. The van der Waals surface area contributed by atoms with Gasteiger partial charge in [-0.05, 0) is 48.8 Å². The Kier molecular flexibility index (Phi) is 6.32. The van der Waals surface area contributed by atoms with E-state index in [1.807, 2.05) is 30.3 Å². The number of ether oxygens (including phenoxy) is 1. The summed E-state index contributed by atoms with van der Waals surface area (Å²) in [5, 5.41) is 30.3. The normalized spacial score (nSPS) is 19.7. The van der Waals surface area contributed by atoms with Crippen molar-refractivity contribution in [2.24, 2.45) is 0 Å². The zero-order valence-electron chi connectivity index (χ0n) is 18.2. The average molecular weight is 435 g/mol. The standard InChI is InChI=1S/C25H30N4O3/c30-21-15-29(16-21)20-8-11-28(12-9-20)14-22(31)17-32-24-6-5-18-3-1-2-4-23(18)25(24)19-7-10-26-27-13-19/h1-7,10,13,20-22,30-31H,8-9,11-12,14-17H2. The molecular formula is C25H30N4O3. The minimum atomic E-state index is -0.563. The summed E-state index contributed by atoms with van der Waals surface area (Å²) in [4.78, 5) is 4.69. The summed E-state index contributed by atoms with van der Waals surface area (Å²) in [7, 11) is 0. The third-order valence-electron chi connectivity index (χ3n) is 6.63. The van der Waals surface area contributed by atoms with E-state index in [9.17, 15) is 10.2 Å². The summed E-state index contributed by atoms with van der Waals surface area (Å²) in [6.07, 6.45) is 4.89. The predicted octanol–water partition coefficient (Wildman–Crippen LogP) is 2.18. The van der Waals surface area contributed by atoms with Crippen LogP contribution in [0.1, 0.15) is 12.8 Å². The van der Waals surface area contributed by atoms with E-state index in [0.717, 1.165) is 66.7 Å². The molecule has 0 saturated carbocycles. The van der Waals surface area contributed by atoms with E-state index in [1.54, 1.807) is 12.4 Å². The maximum Gasteiger partial charge on any atom is 0.127 e. The van der Waals surface area contributed by atoms with E-state index in [1.165, 1.54) is 0 Å². The molecule has 0 radical (unpaired) electrons. The van der Waals surface area contributed by atoms with Gasteiger partial charge in [-0.3, -0.25) is 4.90 Å². The van der Waals surface area contributed by atoms with Gasteiger partial charge in [-0.15, -0.1) is 0 Å². The van der Waals surface area contributed by atoms with Crippen molar-refractivity contribution >= 4 is 10.8 Å². The minimum Gasteiger partial charge on any atom is -0.490 e. The second-order valence-electron chi connectivity index (χ2n) is 8.90. The molecule has 1 atom stereocenters. The Morgan fingerprint density at radius 3 is 2.59 bits per heavy atom. The summed E-state index contributed by atoms with van der Waals surface area (Å²) in [5.41, 5.74) is 1.92. The molecule has 1 aromatic heterocycles. The fourth-order valence-corrected chi connectivity index (χ4v) is 4.90. The van der Waals surface area contributed by atoms with Crippen LogP contribution >= 0.6 is 0 Å². The van der Waals surface area contributed by atoms with E-state index in [0.29, 0.717) is 12.6 Å². The second kappa shape index (κ2) is 9.50. The van der Waals surface area contributed by atoms with E-state index in [4.69, 9.17) is 4.74 Å². The number of fused-ring (bicyclic) bond motifs is 1. The summed E-state index contributed by atoms with van der Waals surface area (Å²) in [6, 6.07) is 14.7. The second-order valence-corrected chi connectivity index (χ2v) is 8.90. The van der Waals surface area contributed by atoms with Crippen LogP contribution < -0.4 is 4.74 Å². The number of likely N-dealkylation sites (tertiary alicyclic amines) is 2. The molecule has 0 bridgehead atoms. The van der Waals surface area contributed by atoms with Gasteiger partial charge < -0.3 is 19.8 Å². The van der Waals surface area contributed by atoms with Gasteiger partial charge in [-0.25, -0.2) is 0 Å². The molecule has 3 heterocycles. The highest BCUT2D eigenvalue weighted by Crippen LogP contribution is 2.36. The maximum atomic E-state index is 10.7. The molecule has 0 aliphatic carbocycles. The molecule has 2 saturated heterocycles. The first-order valence-corrected chi connectivity index (χ1v) is 11.4. The van der Waals surface area contributed by atoms with Gasteiger partial charge >= 0.3 is 0 Å². The number of aliphatic hydroxyl groups is 2. The lowest BCUT2D eigenvalue weighted by Crippen LogP contribution is -2.58. The Morgan fingerprint density at radius 2 is 1.84 bits per heavy atom. The quantitative estimate of drug-likeness (QED) is 0.590. The number of hydrogen-bond acceptors (Lipinski definition) is 7. The third-order valence-corrected chi connectivity index (χ3v) is 6.63. The van der Waals surface area contributed by atoms with Crippen molar-refractivity contribution in [2.75, 3.05) is 39.3 Å². The molecule has 2 aliphatic heterocycles. The fourth-order valence-electron chi connectivity index (χ4n) is 4.90. The van der Waals surface area contributed by atoms with Crippen LogP contribution in [0.3, 0.4) is 0 Å². The molecule has 5 rings (SSSR count). The van der Waals surface area contributed by atoms with E-state index in [-0.39, 0.29) is 12.7 Å². The Hall–Kier alpha value is -2.58. The summed E-state index contributed by atoms with van der Waals surface area (Å²) < 4.78 is 6.14. The molecule has 168 valence electrons. The highest BCUT2D eigenvalue weighted by molar-refractivity contribution is 5.99. The first-order chi connectivity index (χ1) is 15.7. The van der Waals surface area contributed by atoms with Gasteiger partial charge in [0.25, 0.3) is 0 Å². The molecule has 32 heavy (non-hydrogen) atoms. The van der Waals surface area contributed by atoms with Crippen molar-refractivity contribution in [1.29, 1.82) is 0 Å². The van der Waals surface area contributed by atoms with Crippen LogP contribution in [0, 0.1) is 0 Å². The van der Waals surface area contributed by atoms with Gasteiger partial charge in [0, 0.05) is 36.8 Å². The van der Waals surface area contributed by atoms with Crippen LogP contribution in [0.4, 0.5) is 0 Å². The monoisotopic (exact) mass is 434 g/mol. The van der Waals surface area contributed by atoms with Crippen molar-refractivity contribution in [3.63, 3.8) is 0 Å². The van der Waals surface area contributed by atoms with Crippen molar-refractivity contribution in [1.82, 2.24) is 20.0 Å². The van der Waals surface area contributed by atoms with Crippen LogP contribution in [0.2, 0.25) is 0 Å². The number of piperidine rings is 1. The lowest BCUT2D eigenvalue weighted by molar-refractivity contribution is -0.0430. The number of nitrogens with zero attached hydrogens (tertiary/aromatic N) is 4. The van der Waals surface area contributed by atoms with Crippen LogP contribution in [-0.2, 0) is 0 Å². The number of aromatic nitrogens is 2. The van der Waals surface area contributed by atoms with Crippen LogP contribution in [0.15, 0.2) is 54.9 Å². The summed E-state index contributed by atoms with van der Waals surface area (Å²) in [5.74, 6) is 0.741. The molecule has 3 aromatic rings. The molecule has 2 fully saturated rings. The van der Waals surface area contributed by atoms with Gasteiger partial charge in [0.2, 0.25) is 0 Å². The average Bonchev–Trinajstić information content (AvgIpc) is 2.81. The highest BCUT2D eigenvalue weighted by Gasteiger charge is 2.33. The molecule has 7 heteroatoms. The summed E-state index contributed by atoms with van der Waals surface area (Å²) >= 11 is 0. The Morgan fingerprint density at radius 1 is 1.03 bits per heavy atom. The van der Waals surface area contributed by atoms with Crippen LogP contribution in [0.25, 0.3) is 21.9 Å². The van der Waals surface area contributed by atoms with Crippen molar-refractivity contribution in [2.45, 2.75) is 31.1 Å². The molecule has 0 spiro atoms. The van der Waals surface area contributed by atoms with E-state index in [2.05, 4.69) is 32.1 Å². The molecule has 7 nitrogen and oxygen atoms in total. The third kappa shape index (κ3) is 4.61. The van der Waals surface area contributed by atoms with Gasteiger partial charge in [-0.1, -0.05) is 30.3 Å². The molecule has 2 aromatic carbocycles. The minimum absolute atomic E-state index is 0.144. The van der Waals surface area contributed by atoms with E-state index < -0.39 is 6.10 Å². The van der Waals surface area contributed by atoms with Gasteiger partial charge in [0.05, 0.1) is 18.5 Å². The van der Waals surface area contributed by atoms with Gasteiger partial charge in [0.15, 0.2) is 0 Å². The molecular weight excluding hydrogens is 404 g/mol. The summed E-state index contributed by atoms with van der Waals surface area (Å²) in [6.45, 7) is 4.40. The zero-order chi connectivity index (χ0) is 21.9. The lowest BCUT2D eigenvalue weighted by atomic mass is 9.98. The van der Waals surface area contributed by atoms with Gasteiger partial charge in [0.1, 0.15) is 18.5 Å². The fraction of sp³-hybridized carbons (Fsp3) is 0.440. The smallest absolute Gasteiger partial charge is 0.127 e. The number of aliphatic hydroxyl groups excluding tert-OH is 2. The van der Waals surface area contributed by atoms with Crippen LogP contribution in [0.5, 0.6) is 5.75 Å². The number of β-amino-alcohol motifs (C(OH)–C–C–N with tert-alkyl or cyclic N) is 2. The number of benzene rings is 2. The Bertz CT molecular complexity index is 1030. The maximum absolute atomic E-state index is 10.7. The molecule has 0 amide bonds. The topological polar surface area (TPSA) is 82.0 Å². The SMILES string of the molecule is OC(COc1ccc2ccccc2c1-c1ccnnc1)CN1CCC(N2CC(O)C2)CC1. The number of rotatable bonds is 7. The molecule has 2 N–H and O–H groups in total. The molecule has 1 unspecified atom stereocenters. The lowest BCUT2D eigenvalue weighted by Gasteiger charge is -2.45. The van der Waals surface area contributed by atoms with Gasteiger partial charge in [-0.2, -0.15) is 10.2 Å².